The summed E-state index contributed by atoms with van der Waals surface area (Å²) in [5.41, 5.74) is 1.61. The van der Waals surface area contributed by atoms with Gasteiger partial charge in [0.25, 0.3) is 0 Å². The highest BCUT2D eigenvalue weighted by Crippen LogP contribution is 2.49. The van der Waals surface area contributed by atoms with Crippen LogP contribution in [0.5, 0.6) is 0 Å². The Kier molecular flexibility index (Phi) is 2.75. The second-order valence-electron chi connectivity index (χ2n) is 5.97. The van der Waals surface area contributed by atoms with E-state index >= 15 is 0 Å². The van der Waals surface area contributed by atoms with Gasteiger partial charge in [-0.2, -0.15) is 9.97 Å². The number of nitrogens with zero attached hydrogens (tertiary/aromatic N) is 3. The van der Waals surface area contributed by atoms with Crippen LogP contribution >= 0.6 is 0 Å². The van der Waals surface area contributed by atoms with Crippen LogP contribution in [-0.2, 0) is 0 Å². The normalized spacial score (nSPS) is 18.7. The number of aromatic nitrogens is 4. The molecule has 6 heteroatoms. The first-order valence-corrected chi connectivity index (χ1v) is 7.48. The van der Waals surface area contributed by atoms with Crippen molar-refractivity contribution in [2.45, 2.75) is 25.7 Å². The standard InChI is InChI=1S/C14H20N6/c1-15-14-19-12(11-13(20-14)18-7-17-11)16-6-10(8-2-3-8)9-4-5-9/h7-10H,2-6H2,1H3,(H3,15,16,17,18,19,20). The lowest BCUT2D eigenvalue weighted by Crippen LogP contribution is -2.19. The van der Waals surface area contributed by atoms with E-state index < -0.39 is 0 Å². The van der Waals surface area contributed by atoms with Gasteiger partial charge in [0.15, 0.2) is 11.5 Å². The molecule has 0 spiro atoms. The number of hydrogen-bond acceptors (Lipinski definition) is 5. The summed E-state index contributed by atoms with van der Waals surface area (Å²) in [4.78, 5) is 16.2. The molecular weight excluding hydrogens is 252 g/mol. The monoisotopic (exact) mass is 272 g/mol. The second kappa shape index (κ2) is 4.61. The maximum absolute atomic E-state index is 4.52. The van der Waals surface area contributed by atoms with Crippen molar-refractivity contribution in [3.05, 3.63) is 6.33 Å². The highest BCUT2D eigenvalue weighted by atomic mass is 15.2. The van der Waals surface area contributed by atoms with E-state index in [0.29, 0.717) is 11.6 Å². The van der Waals surface area contributed by atoms with Crippen LogP contribution in [0, 0.1) is 17.8 Å². The minimum atomic E-state index is 0.612. The number of aromatic amines is 1. The van der Waals surface area contributed by atoms with Gasteiger partial charge in [0.1, 0.15) is 5.52 Å². The summed E-state index contributed by atoms with van der Waals surface area (Å²) in [6.45, 7) is 1.02. The molecule has 0 amide bonds. The van der Waals surface area contributed by atoms with E-state index in [0.717, 1.165) is 35.6 Å². The Labute approximate surface area is 117 Å². The van der Waals surface area contributed by atoms with Crippen LogP contribution in [0.4, 0.5) is 11.8 Å². The van der Waals surface area contributed by atoms with Crippen LogP contribution in [0.2, 0.25) is 0 Å². The number of hydrogen-bond donors (Lipinski definition) is 3. The zero-order chi connectivity index (χ0) is 13.5. The molecular formula is C14H20N6. The third-order valence-corrected chi connectivity index (χ3v) is 4.47. The fourth-order valence-electron chi connectivity index (χ4n) is 3.05. The van der Waals surface area contributed by atoms with Crippen molar-refractivity contribution < 1.29 is 0 Å². The maximum Gasteiger partial charge on any atom is 0.226 e. The number of H-pyrrole nitrogens is 1. The maximum atomic E-state index is 4.52. The van der Waals surface area contributed by atoms with Crippen LogP contribution in [0.3, 0.4) is 0 Å². The Morgan fingerprint density at radius 1 is 1.25 bits per heavy atom. The Hall–Kier alpha value is -1.85. The Morgan fingerprint density at radius 2 is 2.00 bits per heavy atom. The topological polar surface area (TPSA) is 78.5 Å². The molecule has 2 heterocycles. The molecule has 2 saturated carbocycles. The zero-order valence-electron chi connectivity index (χ0n) is 11.7. The summed E-state index contributed by atoms with van der Waals surface area (Å²) in [6.07, 6.45) is 7.31. The first-order valence-electron chi connectivity index (χ1n) is 7.48. The lowest BCUT2D eigenvalue weighted by molar-refractivity contribution is 0.428. The summed E-state index contributed by atoms with van der Waals surface area (Å²) in [5.74, 6) is 4.18. The van der Waals surface area contributed by atoms with Crippen LogP contribution in [0.1, 0.15) is 25.7 Å². The van der Waals surface area contributed by atoms with Gasteiger partial charge in [-0.1, -0.05) is 0 Å². The first-order chi connectivity index (χ1) is 9.85. The summed E-state index contributed by atoms with van der Waals surface area (Å²) in [6, 6.07) is 0. The molecule has 6 nitrogen and oxygen atoms in total. The van der Waals surface area contributed by atoms with Crippen molar-refractivity contribution in [2.24, 2.45) is 17.8 Å². The molecule has 0 radical (unpaired) electrons. The van der Waals surface area contributed by atoms with Crippen LogP contribution in [-0.4, -0.2) is 33.5 Å². The molecule has 0 aromatic carbocycles. The smallest absolute Gasteiger partial charge is 0.226 e. The largest absolute Gasteiger partial charge is 0.368 e. The van der Waals surface area contributed by atoms with E-state index in [-0.39, 0.29) is 0 Å². The average molecular weight is 272 g/mol. The molecule has 0 bridgehead atoms. The minimum Gasteiger partial charge on any atom is -0.368 e. The summed E-state index contributed by atoms with van der Waals surface area (Å²) < 4.78 is 0. The molecule has 4 rings (SSSR count). The van der Waals surface area contributed by atoms with Crippen LogP contribution < -0.4 is 10.6 Å². The van der Waals surface area contributed by atoms with E-state index in [4.69, 9.17) is 0 Å². The fraction of sp³-hybridized carbons (Fsp3) is 0.643. The van der Waals surface area contributed by atoms with Crippen LogP contribution in [0.25, 0.3) is 11.2 Å². The highest BCUT2D eigenvalue weighted by molar-refractivity contribution is 5.83. The van der Waals surface area contributed by atoms with E-state index in [2.05, 4.69) is 30.6 Å². The van der Waals surface area contributed by atoms with Crippen molar-refractivity contribution in [2.75, 3.05) is 24.2 Å². The molecule has 2 aromatic heterocycles. The lowest BCUT2D eigenvalue weighted by atomic mass is 9.98. The quantitative estimate of drug-likeness (QED) is 0.751. The number of rotatable bonds is 6. The van der Waals surface area contributed by atoms with Crippen molar-refractivity contribution in [1.29, 1.82) is 0 Å². The van der Waals surface area contributed by atoms with Gasteiger partial charge < -0.3 is 15.6 Å². The highest BCUT2D eigenvalue weighted by Gasteiger charge is 2.41. The predicted octanol–water partition coefficient (Wildman–Crippen LogP) is 2.24. The minimum absolute atomic E-state index is 0.612. The molecule has 2 aliphatic carbocycles. The molecule has 20 heavy (non-hydrogen) atoms. The summed E-state index contributed by atoms with van der Waals surface area (Å²) >= 11 is 0. The SMILES string of the molecule is CNc1nc(NCC(C2CC2)C2CC2)c2[nH]cnc2n1. The molecule has 2 fully saturated rings. The van der Waals surface area contributed by atoms with Gasteiger partial charge in [-0.05, 0) is 43.4 Å². The van der Waals surface area contributed by atoms with Crippen LogP contribution in [0.15, 0.2) is 6.33 Å². The summed E-state index contributed by atoms with van der Waals surface area (Å²) in [5, 5.41) is 6.52. The van der Waals surface area contributed by atoms with Crippen molar-refractivity contribution in [3.8, 4) is 0 Å². The number of fused-ring (bicyclic) bond motifs is 1. The van der Waals surface area contributed by atoms with Gasteiger partial charge in [0, 0.05) is 13.6 Å². The third kappa shape index (κ3) is 2.19. The van der Waals surface area contributed by atoms with E-state index in [9.17, 15) is 0 Å². The molecule has 0 atom stereocenters. The average Bonchev–Trinajstić information content (AvgIpc) is 3.38. The molecule has 3 N–H and O–H groups in total. The third-order valence-electron chi connectivity index (χ3n) is 4.47. The van der Waals surface area contributed by atoms with Crippen molar-refractivity contribution in [3.63, 3.8) is 0 Å². The number of anilines is 2. The lowest BCUT2D eigenvalue weighted by Gasteiger charge is -2.17. The Balaban J connectivity index is 1.56. The molecule has 0 aliphatic heterocycles. The van der Waals surface area contributed by atoms with Crippen molar-refractivity contribution >= 4 is 22.9 Å². The van der Waals surface area contributed by atoms with Gasteiger partial charge in [0.2, 0.25) is 5.95 Å². The van der Waals surface area contributed by atoms with Gasteiger partial charge in [-0.25, -0.2) is 4.98 Å². The van der Waals surface area contributed by atoms with Gasteiger partial charge in [-0.15, -0.1) is 0 Å². The molecule has 2 aromatic rings. The molecule has 106 valence electrons. The Morgan fingerprint density at radius 3 is 2.65 bits per heavy atom. The first kappa shape index (κ1) is 11.9. The second-order valence-corrected chi connectivity index (χ2v) is 5.97. The number of nitrogens with one attached hydrogen (secondary N) is 3. The van der Waals surface area contributed by atoms with E-state index in [1.165, 1.54) is 25.7 Å². The number of imidazole rings is 1. The van der Waals surface area contributed by atoms with E-state index in [1.54, 1.807) is 6.33 Å². The van der Waals surface area contributed by atoms with Crippen molar-refractivity contribution in [1.82, 2.24) is 19.9 Å². The zero-order valence-corrected chi connectivity index (χ0v) is 11.7. The molecule has 0 unspecified atom stereocenters. The van der Waals surface area contributed by atoms with Gasteiger partial charge >= 0.3 is 0 Å². The van der Waals surface area contributed by atoms with E-state index in [1.807, 2.05) is 7.05 Å². The molecule has 0 saturated heterocycles. The molecule has 2 aliphatic rings. The summed E-state index contributed by atoms with van der Waals surface area (Å²) in [7, 11) is 1.83. The predicted molar refractivity (Wildman–Crippen MR) is 78.7 cm³/mol. The van der Waals surface area contributed by atoms with Gasteiger partial charge in [0.05, 0.1) is 6.33 Å². The fourth-order valence-corrected chi connectivity index (χ4v) is 3.05. The van der Waals surface area contributed by atoms with Gasteiger partial charge in [-0.3, -0.25) is 0 Å². The Bertz CT molecular complexity index is 601.